The van der Waals surface area contributed by atoms with Crippen molar-refractivity contribution in [1.82, 2.24) is 10.2 Å². The summed E-state index contributed by atoms with van der Waals surface area (Å²) >= 11 is 0. The van der Waals surface area contributed by atoms with E-state index in [-0.39, 0.29) is 17.5 Å². The Balaban J connectivity index is 2.54. The number of nitrogens with one attached hydrogen (secondary N) is 1. The summed E-state index contributed by atoms with van der Waals surface area (Å²) in [5, 5.41) is 3.07. The summed E-state index contributed by atoms with van der Waals surface area (Å²) in [6.07, 6.45) is 0. The number of rotatable bonds is 5. The van der Waals surface area contributed by atoms with E-state index in [0.29, 0.717) is 19.6 Å². The molecule has 0 spiro atoms. The van der Waals surface area contributed by atoms with Gasteiger partial charge in [0.2, 0.25) is 5.91 Å². The van der Waals surface area contributed by atoms with Crippen LogP contribution in [0.25, 0.3) is 0 Å². The van der Waals surface area contributed by atoms with Crippen LogP contribution in [-0.2, 0) is 14.6 Å². The summed E-state index contributed by atoms with van der Waals surface area (Å²) in [6, 6.07) is -0.388. The van der Waals surface area contributed by atoms with Crippen LogP contribution in [0, 0.1) is 0 Å². The number of carbonyl (C=O) groups is 1. The van der Waals surface area contributed by atoms with Crippen LogP contribution in [0.5, 0.6) is 0 Å². The quantitative estimate of drug-likeness (QED) is 0.598. The maximum atomic E-state index is 11.4. The van der Waals surface area contributed by atoms with Gasteiger partial charge in [-0.1, -0.05) is 6.92 Å². The first-order valence-corrected chi connectivity index (χ1v) is 7.23. The third-order valence-corrected chi connectivity index (χ3v) is 4.50. The van der Waals surface area contributed by atoms with Crippen LogP contribution in [0.1, 0.15) is 6.92 Å². The first-order valence-electron chi connectivity index (χ1n) is 5.41. The zero-order valence-corrected chi connectivity index (χ0v) is 10.3. The molecule has 0 bridgehead atoms. The minimum Gasteiger partial charge on any atom is -0.368 e. The van der Waals surface area contributed by atoms with Crippen molar-refractivity contribution in [2.45, 2.75) is 13.0 Å². The molecule has 6 nitrogen and oxygen atoms in total. The van der Waals surface area contributed by atoms with E-state index in [1.165, 1.54) is 0 Å². The lowest BCUT2D eigenvalue weighted by Crippen LogP contribution is -2.57. The molecule has 3 N–H and O–H groups in total. The molecule has 1 aliphatic rings. The summed E-state index contributed by atoms with van der Waals surface area (Å²) in [4.78, 5) is 13.0. The van der Waals surface area contributed by atoms with Crippen molar-refractivity contribution in [3.8, 4) is 0 Å². The highest BCUT2D eigenvalue weighted by molar-refractivity contribution is 7.91. The van der Waals surface area contributed by atoms with Gasteiger partial charge in [0.15, 0.2) is 9.84 Å². The molecule has 7 heteroatoms. The van der Waals surface area contributed by atoms with Crippen LogP contribution in [0.3, 0.4) is 0 Å². The fourth-order valence-corrected chi connectivity index (χ4v) is 2.50. The predicted octanol–water partition coefficient (Wildman–Crippen LogP) is -1.82. The summed E-state index contributed by atoms with van der Waals surface area (Å²) in [7, 11) is -2.98. The highest BCUT2D eigenvalue weighted by Crippen LogP contribution is 2.03. The van der Waals surface area contributed by atoms with Crippen LogP contribution in [0.4, 0.5) is 0 Å². The average molecular weight is 249 g/mol. The fourth-order valence-electron chi connectivity index (χ4n) is 1.70. The molecular weight excluding hydrogens is 230 g/mol. The van der Waals surface area contributed by atoms with Gasteiger partial charge in [0.25, 0.3) is 0 Å². The summed E-state index contributed by atoms with van der Waals surface area (Å²) < 4.78 is 22.7. The molecule has 0 aromatic carbocycles. The van der Waals surface area contributed by atoms with Gasteiger partial charge in [-0.05, 0) is 0 Å². The maximum Gasteiger partial charge on any atom is 0.236 e. The van der Waals surface area contributed by atoms with Crippen molar-refractivity contribution in [3.63, 3.8) is 0 Å². The van der Waals surface area contributed by atoms with Gasteiger partial charge in [-0.15, -0.1) is 0 Å². The predicted molar refractivity (Wildman–Crippen MR) is 61.8 cm³/mol. The molecule has 1 unspecified atom stereocenters. The topological polar surface area (TPSA) is 92.5 Å². The van der Waals surface area contributed by atoms with E-state index in [1.807, 2.05) is 4.90 Å². The van der Waals surface area contributed by atoms with Crippen molar-refractivity contribution in [2.24, 2.45) is 5.73 Å². The van der Waals surface area contributed by atoms with E-state index >= 15 is 0 Å². The van der Waals surface area contributed by atoms with E-state index in [0.717, 1.165) is 6.54 Å². The Hall–Kier alpha value is -0.660. The number of nitrogens with two attached hydrogens (primary N) is 1. The third kappa shape index (κ3) is 3.73. The zero-order valence-electron chi connectivity index (χ0n) is 9.48. The fraction of sp³-hybridized carbons (Fsp3) is 0.889. The Morgan fingerprint density at radius 3 is 2.81 bits per heavy atom. The van der Waals surface area contributed by atoms with Crippen LogP contribution in [0.2, 0.25) is 0 Å². The average Bonchev–Trinajstić information content (AvgIpc) is 2.27. The van der Waals surface area contributed by atoms with E-state index < -0.39 is 15.7 Å². The van der Waals surface area contributed by atoms with Gasteiger partial charge in [-0.3, -0.25) is 9.69 Å². The number of sulfone groups is 1. The van der Waals surface area contributed by atoms with E-state index in [2.05, 4.69) is 5.32 Å². The summed E-state index contributed by atoms with van der Waals surface area (Å²) in [5.74, 6) is -0.172. The molecule has 0 aromatic rings. The van der Waals surface area contributed by atoms with Crippen molar-refractivity contribution in [1.29, 1.82) is 0 Å². The molecule has 0 saturated carbocycles. The largest absolute Gasteiger partial charge is 0.368 e. The summed E-state index contributed by atoms with van der Waals surface area (Å²) in [5.41, 5.74) is 5.26. The van der Waals surface area contributed by atoms with Gasteiger partial charge in [-0.2, -0.15) is 0 Å². The Morgan fingerprint density at radius 1 is 1.56 bits per heavy atom. The third-order valence-electron chi connectivity index (χ3n) is 2.81. The van der Waals surface area contributed by atoms with E-state index in [4.69, 9.17) is 5.73 Å². The number of primary amides is 1. The lowest BCUT2D eigenvalue weighted by molar-refractivity contribution is -0.123. The normalized spacial score (nSPS) is 23.2. The molecule has 1 fully saturated rings. The lowest BCUT2D eigenvalue weighted by atomic mass is 10.2. The first kappa shape index (κ1) is 13.4. The van der Waals surface area contributed by atoms with Crippen LogP contribution in [-0.4, -0.2) is 63.0 Å². The number of nitrogens with zero attached hydrogens (tertiary/aromatic N) is 1. The van der Waals surface area contributed by atoms with Gasteiger partial charge < -0.3 is 11.1 Å². The first-order chi connectivity index (χ1) is 7.46. The smallest absolute Gasteiger partial charge is 0.236 e. The number of hydrogen-bond acceptors (Lipinski definition) is 5. The molecule has 16 heavy (non-hydrogen) atoms. The lowest BCUT2D eigenvalue weighted by Gasteiger charge is -2.33. The van der Waals surface area contributed by atoms with Gasteiger partial charge in [0.1, 0.15) is 6.04 Å². The van der Waals surface area contributed by atoms with Gasteiger partial charge in [-0.25, -0.2) is 8.42 Å². The Kier molecular flexibility index (Phi) is 4.69. The highest BCUT2D eigenvalue weighted by Gasteiger charge is 2.27. The summed E-state index contributed by atoms with van der Waals surface area (Å²) in [6.45, 7) is 3.93. The Morgan fingerprint density at radius 2 is 2.25 bits per heavy atom. The molecule has 1 saturated heterocycles. The molecular formula is C9H19N3O3S. The van der Waals surface area contributed by atoms with Gasteiger partial charge >= 0.3 is 0 Å². The molecule has 0 aromatic heterocycles. The molecule has 94 valence electrons. The zero-order chi connectivity index (χ0) is 12.2. The number of hydrogen-bond donors (Lipinski definition) is 2. The monoisotopic (exact) mass is 249 g/mol. The second-order valence-corrected chi connectivity index (χ2v) is 6.37. The van der Waals surface area contributed by atoms with Crippen LogP contribution in [0.15, 0.2) is 0 Å². The minimum atomic E-state index is -2.98. The minimum absolute atomic E-state index is 0.0906. The molecule has 1 amide bonds. The Labute approximate surface area is 96.1 Å². The second kappa shape index (κ2) is 5.60. The molecule has 1 rings (SSSR count). The van der Waals surface area contributed by atoms with Crippen LogP contribution < -0.4 is 11.1 Å². The standard InChI is InChI=1S/C9H19N3O3S/c1-2-16(14,15)6-5-12-4-3-11-7-8(12)9(10)13/h8,11H,2-7H2,1H3,(H2,10,13). The number of carbonyl (C=O) groups excluding carboxylic acids is 1. The number of amides is 1. The van der Waals surface area contributed by atoms with Crippen molar-refractivity contribution in [2.75, 3.05) is 37.7 Å². The molecule has 0 aliphatic carbocycles. The maximum absolute atomic E-state index is 11.4. The van der Waals surface area contributed by atoms with E-state index in [9.17, 15) is 13.2 Å². The van der Waals surface area contributed by atoms with Crippen molar-refractivity contribution in [3.05, 3.63) is 0 Å². The SMILES string of the molecule is CCS(=O)(=O)CCN1CCNCC1C(N)=O. The highest BCUT2D eigenvalue weighted by atomic mass is 32.2. The van der Waals surface area contributed by atoms with E-state index in [1.54, 1.807) is 6.92 Å². The Bertz CT molecular complexity index is 342. The van der Waals surface area contributed by atoms with Gasteiger partial charge in [0, 0.05) is 31.9 Å². The van der Waals surface area contributed by atoms with Crippen molar-refractivity contribution < 1.29 is 13.2 Å². The molecule has 0 radical (unpaired) electrons. The van der Waals surface area contributed by atoms with Crippen molar-refractivity contribution >= 4 is 15.7 Å². The number of piperazine rings is 1. The molecule has 1 heterocycles. The second-order valence-electron chi connectivity index (χ2n) is 3.89. The molecule has 1 aliphatic heterocycles. The van der Waals surface area contributed by atoms with Gasteiger partial charge in [0.05, 0.1) is 5.75 Å². The molecule has 1 atom stereocenters. The van der Waals surface area contributed by atoms with Crippen LogP contribution >= 0.6 is 0 Å².